The average molecular weight is 566 g/mol. The number of piperidine rings is 1. The standard InChI is InChI=1S/C23H27Cl3N4O4.ClH/c1-33-20-10-19(27)18(26)9-15(20)22(31)29-11-13-4-6-30(7-5-13)12-21(34-23(28)32)14-2-3-16(24)17(25)8-14;/h2-3,8-10,13,21H,4-7,11-12,27H2,1H3,(H2,28,32)(H,29,31);1H. The molecule has 35 heavy (non-hydrogen) atoms. The second-order valence-electron chi connectivity index (χ2n) is 8.13. The number of halogens is 4. The third-order valence-electron chi connectivity index (χ3n) is 5.82. The first kappa shape index (κ1) is 29.1. The molecule has 8 nitrogen and oxygen atoms in total. The minimum absolute atomic E-state index is 0. The number of carbonyl (C=O) groups excluding carboxylic acids is 2. The lowest BCUT2D eigenvalue weighted by Gasteiger charge is -2.34. The van der Waals surface area contributed by atoms with Crippen molar-refractivity contribution >= 4 is 64.9 Å². The molecule has 1 atom stereocenters. The van der Waals surface area contributed by atoms with Gasteiger partial charge in [0.25, 0.3) is 5.91 Å². The van der Waals surface area contributed by atoms with E-state index in [-0.39, 0.29) is 18.3 Å². The maximum atomic E-state index is 12.7. The number of nitrogen functional groups attached to an aromatic ring is 1. The molecule has 2 amide bonds. The molecule has 2 aromatic carbocycles. The Hall–Kier alpha value is -2.10. The molecular weight excluding hydrogens is 538 g/mol. The number of hydrogen-bond donors (Lipinski definition) is 3. The minimum atomic E-state index is -0.855. The molecule has 0 bridgehead atoms. The molecule has 0 aromatic heterocycles. The monoisotopic (exact) mass is 564 g/mol. The summed E-state index contributed by atoms with van der Waals surface area (Å²) in [5.74, 6) is 0.406. The lowest BCUT2D eigenvalue weighted by atomic mass is 9.96. The Morgan fingerprint density at radius 2 is 1.80 bits per heavy atom. The number of benzene rings is 2. The Morgan fingerprint density at radius 3 is 2.40 bits per heavy atom. The molecule has 0 aliphatic carbocycles. The van der Waals surface area contributed by atoms with Crippen molar-refractivity contribution in [1.29, 1.82) is 0 Å². The Balaban J connectivity index is 0.00000432. The number of methoxy groups -OCH3 is 1. The molecule has 0 saturated carbocycles. The molecule has 5 N–H and O–H groups in total. The van der Waals surface area contributed by atoms with Gasteiger partial charge in [-0.05, 0) is 55.6 Å². The fourth-order valence-electron chi connectivity index (χ4n) is 3.92. The van der Waals surface area contributed by atoms with Crippen molar-refractivity contribution in [3.63, 3.8) is 0 Å². The summed E-state index contributed by atoms with van der Waals surface area (Å²) in [6, 6.07) is 8.15. The number of ether oxygens (including phenoxy) is 2. The normalized spacial score (nSPS) is 15.1. The van der Waals surface area contributed by atoms with Gasteiger partial charge in [0.15, 0.2) is 0 Å². The predicted octanol–water partition coefficient (Wildman–Crippen LogP) is 4.94. The van der Waals surface area contributed by atoms with Crippen LogP contribution in [-0.2, 0) is 4.74 Å². The number of rotatable bonds is 8. The first-order valence-corrected chi connectivity index (χ1v) is 11.9. The average Bonchev–Trinajstić information content (AvgIpc) is 2.81. The zero-order valence-electron chi connectivity index (χ0n) is 19.1. The van der Waals surface area contributed by atoms with Gasteiger partial charge in [-0.3, -0.25) is 9.69 Å². The summed E-state index contributed by atoms with van der Waals surface area (Å²) < 4.78 is 10.6. The molecule has 0 spiro atoms. The summed E-state index contributed by atoms with van der Waals surface area (Å²) in [6.07, 6.45) is 0.313. The van der Waals surface area contributed by atoms with Gasteiger partial charge < -0.3 is 26.3 Å². The maximum absolute atomic E-state index is 12.7. The minimum Gasteiger partial charge on any atom is -0.496 e. The zero-order valence-corrected chi connectivity index (χ0v) is 22.1. The zero-order chi connectivity index (χ0) is 24.8. The highest BCUT2D eigenvalue weighted by molar-refractivity contribution is 6.42. The summed E-state index contributed by atoms with van der Waals surface area (Å²) in [4.78, 5) is 26.3. The number of carbonyl (C=O) groups is 2. The molecule has 1 unspecified atom stereocenters. The van der Waals surface area contributed by atoms with Crippen molar-refractivity contribution in [2.45, 2.75) is 18.9 Å². The van der Waals surface area contributed by atoms with Crippen molar-refractivity contribution in [3.05, 3.63) is 56.5 Å². The van der Waals surface area contributed by atoms with Crippen LogP contribution in [0.2, 0.25) is 15.1 Å². The van der Waals surface area contributed by atoms with E-state index in [1.54, 1.807) is 18.2 Å². The lowest BCUT2D eigenvalue weighted by molar-refractivity contribution is 0.0633. The topological polar surface area (TPSA) is 120 Å². The van der Waals surface area contributed by atoms with E-state index >= 15 is 0 Å². The van der Waals surface area contributed by atoms with Crippen LogP contribution in [0.1, 0.15) is 34.9 Å². The van der Waals surface area contributed by atoms with Crippen molar-refractivity contribution in [3.8, 4) is 5.75 Å². The molecule has 1 saturated heterocycles. The fraction of sp³-hybridized carbons (Fsp3) is 0.391. The van der Waals surface area contributed by atoms with Gasteiger partial charge in [0, 0.05) is 19.2 Å². The van der Waals surface area contributed by atoms with Crippen molar-refractivity contribution in [1.82, 2.24) is 10.2 Å². The number of amides is 2. The van der Waals surface area contributed by atoms with E-state index in [1.807, 2.05) is 0 Å². The number of nitrogens with two attached hydrogens (primary N) is 2. The number of anilines is 1. The summed E-state index contributed by atoms with van der Waals surface area (Å²) in [5, 5.41) is 4.06. The van der Waals surface area contributed by atoms with Crippen molar-refractivity contribution < 1.29 is 19.1 Å². The van der Waals surface area contributed by atoms with Crippen LogP contribution < -0.4 is 21.5 Å². The highest BCUT2D eigenvalue weighted by Gasteiger charge is 2.25. The molecule has 0 radical (unpaired) electrons. The Labute approximate surface area is 225 Å². The molecule has 2 aromatic rings. The lowest BCUT2D eigenvalue weighted by Crippen LogP contribution is -2.41. The molecule has 1 heterocycles. The van der Waals surface area contributed by atoms with Crippen LogP contribution in [0.4, 0.5) is 10.5 Å². The third-order valence-corrected chi connectivity index (χ3v) is 6.89. The van der Waals surface area contributed by atoms with Crippen LogP contribution in [0.3, 0.4) is 0 Å². The van der Waals surface area contributed by atoms with Gasteiger partial charge in [-0.2, -0.15) is 0 Å². The first-order chi connectivity index (χ1) is 16.2. The number of likely N-dealkylation sites (tertiary alicyclic amines) is 1. The first-order valence-electron chi connectivity index (χ1n) is 10.7. The second-order valence-corrected chi connectivity index (χ2v) is 9.35. The number of hydrogen-bond acceptors (Lipinski definition) is 6. The van der Waals surface area contributed by atoms with Crippen LogP contribution >= 0.6 is 47.2 Å². The Bertz CT molecular complexity index is 1050. The summed E-state index contributed by atoms with van der Waals surface area (Å²) in [5.41, 5.74) is 12.5. The number of primary amides is 1. The fourth-order valence-corrected chi connectivity index (χ4v) is 4.39. The van der Waals surface area contributed by atoms with Gasteiger partial charge >= 0.3 is 6.09 Å². The van der Waals surface area contributed by atoms with Crippen LogP contribution in [0.15, 0.2) is 30.3 Å². The molecule has 1 aliphatic heterocycles. The van der Waals surface area contributed by atoms with Crippen LogP contribution in [0.25, 0.3) is 0 Å². The Kier molecular flexibility index (Phi) is 11.0. The van der Waals surface area contributed by atoms with Crippen molar-refractivity contribution in [2.24, 2.45) is 11.7 Å². The van der Waals surface area contributed by atoms with Crippen LogP contribution in [0.5, 0.6) is 5.75 Å². The SMILES string of the molecule is COc1cc(N)c(Cl)cc1C(=O)NCC1CCN(CC(OC(N)=O)c2ccc(Cl)c(Cl)c2)CC1.Cl. The molecule has 192 valence electrons. The van der Waals surface area contributed by atoms with Gasteiger partial charge in [0.05, 0.1) is 33.4 Å². The van der Waals surface area contributed by atoms with E-state index in [9.17, 15) is 9.59 Å². The summed E-state index contributed by atoms with van der Waals surface area (Å²) >= 11 is 18.2. The predicted molar refractivity (Wildman–Crippen MR) is 141 cm³/mol. The van der Waals surface area contributed by atoms with Gasteiger partial charge in [-0.1, -0.05) is 40.9 Å². The van der Waals surface area contributed by atoms with Crippen LogP contribution in [-0.4, -0.2) is 50.2 Å². The molecule has 3 rings (SSSR count). The van der Waals surface area contributed by atoms with E-state index in [0.29, 0.717) is 51.1 Å². The third kappa shape index (κ3) is 7.95. The van der Waals surface area contributed by atoms with E-state index in [4.69, 9.17) is 55.7 Å². The molecular formula is C23H28Cl4N4O4. The number of nitrogens with zero attached hydrogens (tertiary/aromatic N) is 1. The van der Waals surface area contributed by atoms with E-state index in [0.717, 1.165) is 31.5 Å². The van der Waals surface area contributed by atoms with Gasteiger partial charge in [-0.15, -0.1) is 12.4 Å². The highest BCUT2D eigenvalue weighted by Crippen LogP contribution is 2.30. The van der Waals surface area contributed by atoms with Crippen molar-refractivity contribution in [2.75, 3.05) is 39.0 Å². The number of nitrogens with one attached hydrogen (secondary N) is 1. The Morgan fingerprint density at radius 1 is 1.11 bits per heavy atom. The van der Waals surface area contributed by atoms with Crippen LogP contribution in [0, 0.1) is 5.92 Å². The smallest absolute Gasteiger partial charge is 0.405 e. The van der Waals surface area contributed by atoms with Gasteiger partial charge in [-0.25, -0.2) is 4.79 Å². The summed E-state index contributed by atoms with van der Waals surface area (Å²) in [7, 11) is 1.47. The highest BCUT2D eigenvalue weighted by atomic mass is 35.5. The molecule has 1 fully saturated rings. The van der Waals surface area contributed by atoms with E-state index in [2.05, 4.69) is 10.2 Å². The molecule has 1 aliphatic rings. The quantitative estimate of drug-likeness (QED) is 0.390. The van der Waals surface area contributed by atoms with E-state index in [1.165, 1.54) is 19.2 Å². The van der Waals surface area contributed by atoms with Gasteiger partial charge in [0.2, 0.25) is 0 Å². The van der Waals surface area contributed by atoms with Gasteiger partial charge in [0.1, 0.15) is 11.9 Å². The largest absolute Gasteiger partial charge is 0.496 e. The second kappa shape index (κ2) is 13.3. The van der Waals surface area contributed by atoms with E-state index < -0.39 is 12.2 Å². The maximum Gasteiger partial charge on any atom is 0.405 e. The summed E-state index contributed by atoms with van der Waals surface area (Å²) in [6.45, 7) is 2.54. The molecule has 12 heteroatoms.